The SMILES string of the molecule is CC(C)OCC(=O)NCC1CCCCC1CN. The number of carbonyl (C=O) groups excluding carboxylic acids is 1. The third-order valence-electron chi connectivity index (χ3n) is 3.48. The summed E-state index contributed by atoms with van der Waals surface area (Å²) in [4.78, 5) is 11.5. The molecular weight excluding hydrogens is 216 g/mol. The maximum atomic E-state index is 11.5. The summed E-state index contributed by atoms with van der Waals surface area (Å²) in [5.41, 5.74) is 5.76. The Labute approximate surface area is 104 Å². The van der Waals surface area contributed by atoms with Gasteiger partial charge in [-0.3, -0.25) is 4.79 Å². The van der Waals surface area contributed by atoms with Gasteiger partial charge >= 0.3 is 0 Å². The van der Waals surface area contributed by atoms with Crippen molar-refractivity contribution < 1.29 is 9.53 Å². The lowest BCUT2D eigenvalue weighted by Gasteiger charge is -2.30. The molecule has 1 amide bonds. The van der Waals surface area contributed by atoms with Crippen LogP contribution in [0.25, 0.3) is 0 Å². The van der Waals surface area contributed by atoms with E-state index in [-0.39, 0.29) is 18.6 Å². The van der Waals surface area contributed by atoms with Crippen LogP contribution in [0.2, 0.25) is 0 Å². The normalized spacial score (nSPS) is 24.9. The largest absolute Gasteiger partial charge is 0.369 e. The summed E-state index contributed by atoms with van der Waals surface area (Å²) in [6, 6.07) is 0. The summed E-state index contributed by atoms with van der Waals surface area (Å²) in [6.45, 7) is 5.51. The third-order valence-corrected chi connectivity index (χ3v) is 3.48. The van der Waals surface area contributed by atoms with Gasteiger partial charge in [-0.15, -0.1) is 0 Å². The van der Waals surface area contributed by atoms with Crippen molar-refractivity contribution >= 4 is 5.91 Å². The molecule has 1 saturated carbocycles. The molecular formula is C13H26N2O2. The molecule has 100 valence electrons. The highest BCUT2D eigenvalue weighted by atomic mass is 16.5. The van der Waals surface area contributed by atoms with Crippen molar-refractivity contribution in [3.63, 3.8) is 0 Å². The molecule has 17 heavy (non-hydrogen) atoms. The van der Waals surface area contributed by atoms with Gasteiger partial charge in [0.2, 0.25) is 5.91 Å². The number of ether oxygens (including phenoxy) is 1. The van der Waals surface area contributed by atoms with Crippen LogP contribution in [-0.2, 0) is 9.53 Å². The van der Waals surface area contributed by atoms with E-state index in [2.05, 4.69) is 5.32 Å². The zero-order valence-electron chi connectivity index (χ0n) is 11.1. The Morgan fingerprint density at radius 2 is 2.00 bits per heavy atom. The molecule has 0 bridgehead atoms. The fraction of sp³-hybridized carbons (Fsp3) is 0.923. The summed E-state index contributed by atoms with van der Waals surface area (Å²) in [6.07, 6.45) is 5.04. The molecule has 0 aliphatic heterocycles. The molecule has 0 aromatic carbocycles. The Hall–Kier alpha value is -0.610. The zero-order chi connectivity index (χ0) is 12.7. The van der Waals surface area contributed by atoms with E-state index in [4.69, 9.17) is 10.5 Å². The van der Waals surface area contributed by atoms with Crippen LogP contribution in [0.4, 0.5) is 0 Å². The fourth-order valence-corrected chi connectivity index (χ4v) is 2.40. The van der Waals surface area contributed by atoms with Crippen LogP contribution < -0.4 is 11.1 Å². The third kappa shape index (κ3) is 5.50. The number of rotatable bonds is 6. The first kappa shape index (κ1) is 14.5. The first-order valence-electron chi connectivity index (χ1n) is 6.71. The second kappa shape index (κ2) is 7.67. The molecule has 2 unspecified atom stereocenters. The second-order valence-electron chi connectivity index (χ2n) is 5.20. The van der Waals surface area contributed by atoms with Gasteiger partial charge in [0, 0.05) is 6.54 Å². The first-order valence-corrected chi connectivity index (χ1v) is 6.71. The van der Waals surface area contributed by atoms with Gasteiger partial charge in [-0.1, -0.05) is 12.8 Å². The van der Waals surface area contributed by atoms with Gasteiger partial charge in [-0.25, -0.2) is 0 Å². The molecule has 0 saturated heterocycles. The minimum absolute atomic E-state index is 0.0138. The lowest BCUT2D eigenvalue weighted by molar-refractivity contribution is -0.127. The van der Waals surface area contributed by atoms with Gasteiger partial charge in [0.15, 0.2) is 0 Å². The van der Waals surface area contributed by atoms with E-state index >= 15 is 0 Å². The van der Waals surface area contributed by atoms with Crippen LogP contribution in [0, 0.1) is 11.8 Å². The average Bonchev–Trinajstić information content (AvgIpc) is 2.34. The van der Waals surface area contributed by atoms with Crippen LogP contribution in [0.15, 0.2) is 0 Å². The number of nitrogens with one attached hydrogen (secondary N) is 1. The summed E-state index contributed by atoms with van der Waals surface area (Å²) in [5, 5.41) is 2.95. The minimum Gasteiger partial charge on any atom is -0.369 e. The lowest BCUT2D eigenvalue weighted by atomic mass is 9.79. The summed E-state index contributed by atoms with van der Waals surface area (Å²) in [7, 11) is 0. The zero-order valence-corrected chi connectivity index (χ0v) is 11.1. The lowest BCUT2D eigenvalue weighted by Crippen LogP contribution is -2.38. The van der Waals surface area contributed by atoms with E-state index in [0.717, 1.165) is 13.1 Å². The summed E-state index contributed by atoms with van der Waals surface area (Å²) < 4.78 is 5.26. The van der Waals surface area contributed by atoms with E-state index in [0.29, 0.717) is 11.8 Å². The van der Waals surface area contributed by atoms with E-state index in [1.165, 1.54) is 25.7 Å². The predicted molar refractivity (Wildman–Crippen MR) is 68.6 cm³/mol. The molecule has 1 aliphatic carbocycles. The maximum absolute atomic E-state index is 11.5. The highest BCUT2D eigenvalue weighted by molar-refractivity contribution is 5.77. The van der Waals surface area contributed by atoms with Crippen molar-refractivity contribution in [3.05, 3.63) is 0 Å². The average molecular weight is 242 g/mol. The predicted octanol–water partition coefficient (Wildman–Crippen LogP) is 1.29. The number of amides is 1. The van der Waals surface area contributed by atoms with Crippen LogP contribution in [0.1, 0.15) is 39.5 Å². The van der Waals surface area contributed by atoms with E-state index in [1.807, 2.05) is 13.8 Å². The molecule has 2 atom stereocenters. The molecule has 3 N–H and O–H groups in total. The number of nitrogens with two attached hydrogens (primary N) is 1. The molecule has 4 heteroatoms. The van der Waals surface area contributed by atoms with Crippen LogP contribution in [0.5, 0.6) is 0 Å². The van der Waals surface area contributed by atoms with Crippen molar-refractivity contribution in [1.82, 2.24) is 5.32 Å². The molecule has 0 spiro atoms. The Morgan fingerprint density at radius 1 is 1.35 bits per heavy atom. The van der Waals surface area contributed by atoms with Crippen molar-refractivity contribution in [2.24, 2.45) is 17.6 Å². The molecule has 0 aromatic heterocycles. The Balaban J connectivity index is 2.21. The standard InChI is InChI=1S/C13H26N2O2/c1-10(2)17-9-13(16)15-8-12-6-4-3-5-11(12)7-14/h10-12H,3-9,14H2,1-2H3,(H,15,16). The monoisotopic (exact) mass is 242 g/mol. The van der Waals surface area contributed by atoms with Crippen LogP contribution in [-0.4, -0.2) is 31.7 Å². The van der Waals surface area contributed by atoms with Gasteiger partial charge in [0.1, 0.15) is 6.61 Å². The molecule has 0 heterocycles. The highest BCUT2D eigenvalue weighted by Crippen LogP contribution is 2.28. The Kier molecular flexibility index (Phi) is 6.52. The van der Waals surface area contributed by atoms with Crippen molar-refractivity contribution in [2.75, 3.05) is 19.7 Å². The molecule has 1 fully saturated rings. The fourth-order valence-electron chi connectivity index (χ4n) is 2.40. The van der Waals surface area contributed by atoms with Gasteiger partial charge in [-0.2, -0.15) is 0 Å². The first-order chi connectivity index (χ1) is 8.13. The van der Waals surface area contributed by atoms with Crippen LogP contribution >= 0.6 is 0 Å². The van der Waals surface area contributed by atoms with E-state index < -0.39 is 0 Å². The molecule has 1 rings (SSSR count). The Morgan fingerprint density at radius 3 is 2.59 bits per heavy atom. The minimum atomic E-state index is -0.0138. The Bertz CT molecular complexity index is 231. The maximum Gasteiger partial charge on any atom is 0.246 e. The van der Waals surface area contributed by atoms with Gasteiger partial charge < -0.3 is 15.8 Å². The van der Waals surface area contributed by atoms with E-state index in [1.54, 1.807) is 0 Å². The second-order valence-corrected chi connectivity index (χ2v) is 5.20. The van der Waals surface area contributed by atoms with Crippen molar-refractivity contribution in [2.45, 2.75) is 45.6 Å². The van der Waals surface area contributed by atoms with Gasteiger partial charge in [-0.05, 0) is 45.1 Å². The highest BCUT2D eigenvalue weighted by Gasteiger charge is 2.24. The number of hydrogen-bond donors (Lipinski definition) is 2. The van der Waals surface area contributed by atoms with E-state index in [9.17, 15) is 4.79 Å². The quantitative estimate of drug-likeness (QED) is 0.737. The van der Waals surface area contributed by atoms with Crippen molar-refractivity contribution in [3.8, 4) is 0 Å². The van der Waals surface area contributed by atoms with Gasteiger partial charge in [0.05, 0.1) is 6.10 Å². The summed E-state index contributed by atoms with van der Waals surface area (Å²) in [5.74, 6) is 1.12. The summed E-state index contributed by atoms with van der Waals surface area (Å²) >= 11 is 0. The smallest absolute Gasteiger partial charge is 0.246 e. The number of hydrogen-bond acceptors (Lipinski definition) is 3. The molecule has 4 nitrogen and oxygen atoms in total. The van der Waals surface area contributed by atoms with Crippen molar-refractivity contribution in [1.29, 1.82) is 0 Å². The molecule has 0 aromatic rings. The van der Waals surface area contributed by atoms with Gasteiger partial charge in [0.25, 0.3) is 0 Å². The molecule has 0 radical (unpaired) electrons. The topological polar surface area (TPSA) is 64.3 Å². The molecule has 1 aliphatic rings. The van der Waals surface area contributed by atoms with Crippen LogP contribution in [0.3, 0.4) is 0 Å². The number of carbonyl (C=O) groups is 1.